The average molecular weight is 317 g/mol. The van der Waals surface area contributed by atoms with Crippen molar-refractivity contribution in [2.75, 3.05) is 5.32 Å². The molecule has 0 saturated carbocycles. The van der Waals surface area contributed by atoms with E-state index >= 15 is 0 Å². The molecule has 1 rings (SSSR count). The van der Waals surface area contributed by atoms with Crippen molar-refractivity contribution in [1.29, 1.82) is 5.26 Å². The summed E-state index contributed by atoms with van der Waals surface area (Å²) in [6.45, 7) is 8.94. The first-order valence-electron chi connectivity index (χ1n) is 7.43. The number of anilines is 1. The molecule has 1 atom stereocenters. The molecule has 0 aromatic heterocycles. The number of amides is 2. The van der Waals surface area contributed by atoms with E-state index in [2.05, 4.69) is 10.6 Å². The van der Waals surface area contributed by atoms with E-state index in [1.54, 1.807) is 45.0 Å². The molecular weight excluding hydrogens is 294 g/mol. The Labute approximate surface area is 136 Å². The van der Waals surface area contributed by atoms with Gasteiger partial charge >= 0.3 is 6.09 Å². The molecule has 0 fully saturated rings. The highest BCUT2D eigenvalue weighted by Crippen LogP contribution is 2.12. The van der Waals surface area contributed by atoms with Crippen molar-refractivity contribution in [3.8, 4) is 6.07 Å². The Kier molecular flexibility index (Phi) is 6.14. The lowest BCUT2D eigenvalue weighted by molar-refractivity contribution is -0.119. The quantitative estimate of drug-likeness (QED) is 0.893. The summed E-state index contributed by atoms with van der Waals surface area (Å²) in [6.07, 6.45) is -0.633. The second-order valence-corrected chi connectivity index (χ2v) is 6.55. The van der Waals surface area contributed by atoms with E-state index in [4.69, 9.17) is 10.00 Å². The highest BCUT2D eigenvalue weighted by Gasteiger charge is 2.26. The van der Waals surface area contributed by atoms with Crippen LogP contribution in [-0.2, 0) is 9.53 Å². The molecule has 0 aliphatic rings. The van der Waals surface area contributed by atoms with Crippen molar-refractivity contribution in [2.45, 2.75) is 46.3 Å². The van der Waals surface area contributed by atoms with Gasteiger partial charge < -0.3 is 15.4 Å². The first-order chi connectivity index (χ1) is 10.6. The molecule has 0 aliphatic heterocycles. The highest BCUT2D eigenvalue weighted by atomic mass is 16.6. The predicted molar refractivity (Wildman–Crippen MR) is 87.8 cm³/mol. The third-order valence-electron chi connectivity index (χ3n) is 2.90. The monoisotopic (exact) mass is 317 g/mol. The number of hydrogen-bond acceptors (Lipinski definition) is 4. The van der Waals surface area contributed by atoms with Gasteiger partial charge in [-0.3, -0.25) is 4.79 Å². The fraction of sp³-hybridized carbons (Fsp3) is 0.471. The molecule has 6 heteroatoms. The molecule has 0 bridgehead atoms. The molecule has 0 spiro atoms. The van der Waals surface area contributed by atoms with Gasteiger partial charge in [-0.15, -0.1) is 0 Å². The molecule has 0 heterocycles. The Balaban J connectivity index is 2.74. The number of nitrogens with one attached hydrogen (secondary N) is 2. The van der Waals surface area contributed by atoms with Gasteiger partial charge in [-0.25, -0.2) is 4.79 Å². The summed E-state index contributed by atoms with van der Waals surface area (Å²) in [4.78, 5) is 24.2. The van der Waals surface area contributed by atoms with Crippen molar-refractivity contribution in [3.05, 3.63) is 29.8 Å². The number of alkyl carbamates (subject to hydrolysis) is 1. The second kappa shape index (κ2) is 7.63. The topological polar surface area (TPSA) is 91.2 Å². The minimum absolute atomic E-state index is 0.110. The molecule has 0 unspecified atom stereocenters. The first kappa shape index (κ1) is 18.5. The third-order valence-corrected chi connectivity index (χ3v) is 2.90. The highest BCUT2D eigenvalue weighted by molar-refractivity contribution is 5.96. The number of nitrogens with zero attached hydrogens (tertiary/aromatic N) is 1. The van der Waals surface area contributed by atoms with Crippen LogP contribution in [0.2, 0.25) is 0 Å². The van der Waals surface area contributed by atoms with Crippen LogP contribution in [-0.4, -0.2) is 23.6 Å². The zero-order chi connectivity index (χ0) is 17.6. The van der Waals surface area contributed by atoms with Gasteiger partial charge in [-0.05, 0) is 51.0 Å². The van der Waals surface area contributed by atoms with Gasteiger partial charge in [0.1, 0.15) is 11.6 Å². The van der Waals surface area contributed by atoms with Crippen LogP contribution in [0, 0.1) is 17.2 Å². The summed E-state index contributed by atoms with van der Waals surface area (Å²) < 4.78 is 5.18. The lowest BCUT2D eigenvalue weighted by atomic mass is 10.0. The van der Waals surface area contributed by atoms with Crippen LogP contribution < -0.4 is 10.6 Å². The lowest BCUT2D eigenvalue weighted by Gasteiger charge is -2.25. The standard InChI is InChI=1S/C17H23N3O3/c1-11(2)14(20-16(22)23-17(3,4)5)15(21)19-13-8-6-12(10-18)7-9-13/h6-9,11,14H,1-5H3,(H,19,21)(H,20,22)/t14-/m0/s1. The molecule has 0 saturated heterocycles. The molecule has 124 valence electrons. The fourth-order valence-electron chi connectivity index (χ4n) is 1.82. The molecule has 2 amide bonds. The molecule has 23 heavy (non-hydrogen) atoms. The largest absolute Gasteiger partial charge is 0.444 e. The fourth-order valence-corrected chi connectivity index (χ4v) is 1.82. The minimum Gasteiger partial charge on any atom is -0.444 e. The van der Waals surface area contributed by atoms with Gasteiger partial charge in [0.15, 0.2) is 0 Å². The maximum absolute atomic E-state index is 12.4. The number of carbonyl (C=O) groups is 2. The summed E-state index contributed by atoms with van der Waals surface area (Å²) in [5.41, 5.74) is 0.441. The third kappa shape index (κ3) is 6.39. The van der Waals surface area contributed by atoms with Crippen LogP contribution in [0.4, 0.5) is 10.5 Å². The SMILES string of the molecule is CC(C)[C@H](NC(=O)OC(C)(C)C)C(=O)Nc1ccc(C#N)cc1. The Hall–Kier alpha value is -2.55. The van der Waals surface area contributed by atoms with Gasteiger partial charge in [-0.2, -0.15) is 5.26 Å². The van der Waals surface area contributed by atoms with Crippen molar-refractivity contribution < 1.29 is 14.3 Å². The van der Waals surface area contributed by atoms with Crippen LogP contribution in [0.15, 0.2) is 24.3 Å². The Morgan fingerprint density at radius 1 is 1.17 bits per heavy atom. The normalized spacial score (nSPS) is 12.2. The number of benzene rings is 1. The van der Waals surface area contributed by atoms with E-state index in [1.165, 1.54) is 0 Å². The van der Waals surface area contributed by atoms with Crippen LogP contribution in [0.3, 0.4) is 0 Å². The summed E-state index contributed by atoms with van der Waals surface area (Å²) in [7, 11) is 0. The lowest BCUT2D eigenvalue weighted by Crippen LogP contribution is -2.48. The maximum Gasteiger partial charge on any atom is 0.408 e. The molecule has 1 aromatic rings. The van der Waals surface area contributed by atoms with E-state index in [0.717, 1.165) is 0 Å². The van der Waals surface area contributed by atoms with Crippen LogP contribution in [0.1, 0.15) is 40.2 Å². The number of ether oxygens (including phenoxy) is 1. The summed E-state index contributed by atoms with van der Waals surface area (Å²) in [6, 6.07) is 7.79. The molecule has 6 nitrogen and oxygen atoms in total. The Morgan fingerprint density at radius 2 is 1.74 bits per heavy atom. The number of hydrogen-bond donors (Lipinski definition) is 2. The Bertz CT molecular complexity index is 595. The van der Waals surface area contributed by atoms with E-state index in [0.29, 0.717) is 11.3 Å². The van der Waals surface area contributed by atoms with E-state index in [-0.39, 0.29) is 11.8 Å². The summed E-state index contributed by atoms with van der Waals surface area (Å²) in [5, 5.41) is 14.1. The van der Waals surface area contributed by atoms with Crippen molar-refractivity contribution in [3.63, 3.8) is 0 Å². The van der Waals surface area contributed by atoms with E-state index in [9.17, 15) is 9.59 Å². The van der Waals surface area contributed by atoms with Crippen LogP contribution >= 0.6 is 0 Å². The van der Waals surface area contributed by atoms with E-state index in [1.807, 2.05) is 19.9 Å². The molecule has 1 aromatic carbocycles. The zero-order valence-electron chi connectivity index (χ0n) is 14.1. The van der Waals surface area contributed by atoms with Gasteiger partial charge in [0.05, 0.1) is 11.6 Å². The molecule has 0 aliphatic carbocycles. The van der Waals surface area contributed by atoms with Crippen molar-refractivity contribution >= 4 is 17.7 Å². The minimum atomic E-state index is -0.722. The molecular formula is C17H23N3O3. The number of nitriles is 1. The predicted octanol–water partition coefficient (Wildman–Crippen LogP) is 3.05. The zero-order valence-corrected chi connectivity index (χ0v) is 14.1. The number of carbonyl (C=O) groups excluding carboxylic acids is 2. The van der Waals surface area contributed by atoms with Gasteiger partial charge in [0.2, 0.25) is 5.91 Å². The maximum atomic E-state index is 12.4. The molecule has 0 radical (unpaired) electrons. The van der Waals surface area contributed by atoms with Crippen LogP contribution in [0.5, 0.6) is 0 Å². The van der Waals surface area contributed by atoms with Crippen LogP contribution in [0.25, 0.3) is 0 Å². The van der Waals surface area contributed by atoms with E-state index < -0.39 is 17.7 Å². The molecule has 2 N–H and O–H groups in total. The second-order valence-electron chi connectivity index (χ2n) is 6.55. The van der Waals surface area contributed by atoms with Crippen molar-refractivity contribution in [1.82, 2.24) is 5.32 Å². The summed E-state index contributed by atoms with van der Waals surface area (Å²) in [5.74, 6) is -0.448. The van der Waals surface area contributed by atoms with Crippen molar-refractivity contribution in [2.24, 2.45) is 5.92 Å². The Morgan fingerprint density at radius 3 is 2.17 bits per heavy atom. The smallest absolute Gasteiger partial charge is 0.408 e. The summed E-state index contributed by atoms with van der Waals surface area (Å²) >= 11 is 0. The van der Waals surface area contributed by atoms with Gasteiger partial charge in [-0.1, -0.05) is 13.8 Å². The van der Waals surface area contributed by atoms with Gasteiger partial charge in [0, 0.05) is 5.69 Å². The number of rotatable bonds is 4. The average Bonchev–Trinajstić information content (AvgIpc) is 2.43. The first-order valence-corrected chi connectivity index (χ1v) is 7.43. The van der Waals surface area contributed by atoms with Gasteiger partial charge in [0.25, 0.3) is 0 Å².